The summed E-state index contributed by atoms with van der Waals surface area (Å²) < 4.78 is 0. The van der Waals surface area contributed by atoms with Crippen molar-refractivity contribution in [3.8, 4) is 0 Å². The second-order valence-corrected chi connectivity index (χ2v) is 10.2. The molecular weight excluding hydrogens is 306 g/mol. The van der Waals surface area contributed by atoms with E-state index in [1.165, 1.54) is 50.6 Å². The number of carbonyl (C=O) groups is 1. The van der Waals surface area contributed by atoms with Gasteiger partial charge in [0.2, 0.25) is 5.91 Å². The van der Waals surface area contributed by atoms with Gasteiger partial charge in [-0.05, 0) is 73.5 Å². The summed E-state index contributed by atoms with van der Waals surface area (Å²) in [5, 5.41) is 3.23. The van der Waals surface area contributed by atoms with Crippen LogP contribution in [0.2, 0.25) is 0 Å². The molecule has 0 spiro atoms. The third-order valence-corrected chi connectivity index (χ3v) is 9.11. The van der Waals surface area contributed by atoms with Gasteiger partial charge in [0.15, 0.2) is 0 Å². The van der Waals surface area contributed by atoms with Gasteiger partial charge in [0.25, 0.3) is 0 Å². The maximum Gasteiger partial charge on any atom is 0.224 e. The van der Waals surface area contributed by atoms with E-state index in [1.54, 1.807) is 0 Å². The molecule has 0 aromatic heterocycles. The van der Waals surface area contributed by atoms with E-state index < -0.39 is 0 Å². The Labute approximate surface area is 154 Å². The summed E-state index contributed by atoms with van der Waals surface area (Å²) in [7, 11) is 0. The fourth-order valence-corrected chi connectivity index (χ4v) is 7.83. The number of rotatable bonds is 3. The van der Waals surface area contributed by atoms with Crippen molar-refractivity contribution < 1.29 is 4.79 Å². The van der Waals surface area contributed by atoms with Crippen LogP contribution in [-0.4, -0.2) is 5.91 Å². The number of hydrogen-bond donors (Lipinski definition) is 1. The molecule has 0 aromatic carbocycles. The first-order valence-electron chi connectivity index (χ1n) is 10.9. The van der Waals surface area contributed by atoms with Crippen molar-refractivity contribution in [2.24, 2.45) is 40.4 Å². The average molecular weight is 344 g/mol. The van der Waals surface area contributed by atoms with E-state index in [1.807, 2.05) is 0 Å². The molecule has 4 aliphatic rings. The molecule has 7 atom stereocenters. The number of piperidine rings is 1. The zero-order chi connectivity index (χ0) is 17.8. The lowest BCUT2D eigenvalue weighted by Crippen LogP contribution is -2.53. The molecule has 1 N–H and O–H groups in total. The first-order chi connectivity index (χ1) is 11.9. The van der Waals surface area contributed by atoms with Crippen molar-refractivity contribution in [3.05, 3.63) is 11.8 Å². The predicted octanol–water partition coefficient (Wildman–Crippen LogP) is 5.69. The van der Waals surface area contributed by atoms with Crippen molar-refractivity contribution in [2.45, 2.75) is 85.5 Å². The van der Waals surface area contributed by atoms with Crippen molar-refractivity contribution in [3.63, 3.8) is 0 Å². The van der Waals surface area contributed by atoms with Gasteiger partial charge in [-0.2, -0.15) is 0 Å². The minimum absolute atomic E-state index is 0.227. The highest BCUT2D eigenvalue weighted by atomic mass is 16.1. The van der Waals surface area contributed by atoms with E-state index in [9.17, 15) is 4.79 Å². The first kappa shape index (κ1) is 17.6. The Bertz CT molecular complexity index is 581. The standard InChI is InChI=1S/C23H37NO/c1-5-6-15(2)17-8-9-18-16-7-10-20-23(4,14-12-21(25)24-20)19(16)11-13-22(17,18)3/h10,15-19H,5-9,11-14H2,1-4H3,(H,24,25)/t15-,16+,17-,18+,19+,22-,23-/m1/s1. The van der Waals surface area contributed by atoms with Gasteiger partial charge in [-0.15, -0.1) is 0 Å². The van der Waals surface area contributed by atoms with E-state index in [2.05, 4.69) is 39.1 Å². The maximum atomic E-state index is 11.9. The number of carbonyl (C=O) groups excluding carboxylic acids is 1. The Morgan fingerprint density at radius 2 is 2.00 bits per heavy atom. The highest BCUT2D eigenvalue weighted by molar-refractivity contribution is 5.79. The molecule has 2 nitrogen and oxygen atoms in total. The molecule has 140 valence electrons. The van der Waals surface area contributed by atoms with Gasteiger partial charge in [0.05, 0.1) is 0 Å². The Morgan fingerprint density at radius 3 is 2.76 bits per heavy atom. The molecule has 0 radical (unpaired) electrons. The van der Waals surface area contributed by atoms with E-state index in [0.29, 0.717) is 5.41 Å². The van der Waals surface area contributed by atoms with Crippen LogP contribution in [0.15, 0.2) is 11.8 Å². The Hall–Kier alpha value is -0.790. The molecule has 1 aliphatic heterocycles. The van der Waals surface area contributed by atoms with Crippen LogP contribution in [0.5, 0.6) is 0 Å². The largest absolute Gasteiger partial charge is 0.330 e. The van der Waals surface area contributed by atoms with Gasteiger partial charge >= 0.3 is 0 Å². The van der Waals surface area contributed by atoms with Gasteiger partial charge in [-0.1, -0.05) is 46.6 Å². The molecule has 2 saturated carbocycles. The van der Waals surface area contributed by atoms with Crippen LogP contribution in [0.3, 0.4) is 0 Å². The molecule has 0 aromatic rings. The second kappa shape index (κ2) is 6.13. The van der Waals surface area contributed by atoms with Gasteiger partial charge in [-0.3, -0.25) is 4.79 Å². The van der Waals surface area contributed by atoms with Gasteiger partial charge in [-0.25, -0.2) is 0 Å². The van der Waals surface area contributed by atoms with E-state index in [0.717, 1.165) is 42.4 Å². The van der Waals surface area contributed by atoms with Crippen LogP contribution in [0.4, 0.5) is 0 Å². The van der Waals surface area contributed by atoms with Crippen LogP contribution in [-0.2, 0) is 4.79 Å². The summed E-state index contributed by atoms with van der Waals surface area (Å²) in [6.07, 6.45) is 13.8. The summed E-state index contributed by atoms with van der Waals surface area (Å²) in [5.41, 5.74) is 2.06. The lowest BCUT2D eigenvalue weighted by atomic mass is 9.48. The highest BCUT2D eigenvalue weighted by Gasteiger charge is 2.59. The Morgan fingerprint density at radius 1 is 1.20 bits per heavy atom. The molecule has 4 rings (SSSR count). The van der Waals surface area contributed by atoms with Crippen molar-refractivity contribution >= 4 is 5.91 Å². The molecule has 3 fully saturated rings. The van der Waals surface area contributed by atoms with E-state index >= 15 is 0 Å². The summed E-state index contributed by atoms with van der Waals surface area (Å²) >= 11 is 0. The smallest absolute Gasteiger partial charge is 0.224 e. The summed E-state index contributed by atoms with van der Waals surface area (Å²) in [6, 6.07) is 0. The summed E-state index contributed by atoms with van der Waals surface area (Å²) in [4.78, 5) is 11.9. The van der Waals surface area contributed by atoms with E-state index in [4.69, 9.17) is 0 Å². The lowest BCUT2D eigenvalue weighted by molar-refractivity contribution is -0.125. The zero-order valence-corrected chi connectivity index (χ0v) is 16.7. The third-order valence-electron chi connectivity index (χ3n) is 9.11. The molecule has 1 saturated heterocycles. The number of allylic oxidation sites excluding steroid dienone is 2. The molecule has 2 heteroatoms. The molecule has 0 unspecified atom stereocenters. The fraction of sp³-hybridized carbons (Fsp3) is 0.870. The van der Waals surface area contributed by atoms with E-state index in [-0.39, 0.29) is 11.3 Å². The minimum atomic E-state index is 0.227. The molecule has 25 heavy (non-hydrogen) atoms. The molecule has 1 heterocycles. The highest BCUT2D eigenvalue weighted by Crippen LogP contribution is 2.66. The Kier molecular flexibility index (Phi) is 4.32. The third kappa shape index (κ3) is 2.53. The van der Waals surface area contributed by atoms with Crippen LogP contribution < -0.4 is 5.32 Å². The van der Waals surface area contributed by atoms with Gasteiger partial charge < -0.3 is 5.32 Å². The first-order valence-corrected chi connectivity index (χ1v) is 10.9. The topological polar surface area (TPSA) is 29.1 Å². The minimum Gasteiger partial charge on any atom is -0.330 e. The van der Waals surface area contributed by atoms with Gasteiger partial charge in [0.1, 0.15) is 0 Å². The van der Waals surface area contributed by atoms with Crippen LogP contribution in [0.25, 0.3) is 0 Å². The number of amides is 1. The quantitative estimate of drug-likeness (QED) is 0.701. The van der Waals surface area contributed by atoms with Crippen LogP contribution in [0, 0.1) is 40.4 Å². The van der Waals surface area contributed by atoms with Crippen molar-refractivity contribution in [1.29, 1.82) is 0 Å². The molecule has 3 aliphatic carbocycles. The normalized spacial score (nSPS) is 47.2. The van der Waals surface area contributed by atoms with Crippen LogP contribution >= 0.6 is 0 Å². The van der Waals surface area contributed by atoms with Crippen molar-refractivity contribution in [2.75, 3.05) is 0 Å². The number of hydrogen-bond acceptors (Lipinski definition) is 1. The predicted molar refractivity (Wildman–Crippen MR) is 103 cm³/mol. The maximum absolute atomic E-state index is 11.9. The Balaban J connectivity index is 1.61. The monoisotopic (exact) mass is 343 g/mol. The zero-order valence-electron chi connectivity index (χ0n) is 16.7. The fourth-order valence-electron chi connectivity index (χ4n) is 7.83. The molecule has 1 amide bonds. The lowest BCUT2D eigenvalue weighted by Gasteiger charge is -2.57. The number of nitrogens with one attached hydrogen (secondary N) is 1. The second-order valence-electron chi connectivity index (χ2n) is 10.2. The molecular formula is C23H37NO. The van der Waals surface area contributed by atoms with Gasteiger partial charge in [0, 0.05) is 17.5 Å². The molecule has 0 bridgehead atoms. The average Bonchev–Trinajstić information content (AvgIpc) is 2.93. The summed E-state index contributed by atoms with van der Waals surface area (Å²) in [5.74, 6) is 4.59. The number of fused-ring (bicyclic) bond motifs is 5. The van der Waals surface area contributed by atoms with Crippen LogP contribution in [0.1, 0.15) is 85.5 Å². The van der Waals surface area contributed by atoms with Crippen molar-refractivity contribution in [1.82, 2.24) is 5.32 Å². The summed E-state index contributed by atoms with van der Waals surface area (Å²) in [6.45, 7) is 9.95. The SMILES string of the molecule is CCC[C@@H](C)[C@H]1CC[C@H]2[C@@H]3CC=C4NC(=O)CC[C@]4(C)[C@H]3CC[C@]12C.